The van der Waals surface area contributed by atoms with Crippen LogP contribution in [-0.2, 0) is 0 Å². The van der Waals surface area contributed by atoms with E-state index in [-0.39, 0.29) is 13.2 Å². The highest BCUT2D eigenvalue weighted by molar-refractivity contribution is 5.19. The quantitative estimate of drug-likeness (QED) is 0.728. The molecule has 0 aliphatic carbocycles. The van der Waals surface area contributed by atoms with Crippen LogP contribution in [0.4, 0.5) is 0 Å². The average molecular weight is 236 g/mol. The molecule has 2 heteroatoms. The Morgan fingerprint density at radius 3 is 2.29 bits per heavy atom. The lowest BCUT2D eigenvalue weighted by Gasteiger charge is -2.20. The van der Waals surface area contributed by atoms with Crippen molar-refractivity contribution in [1.29, 1.82) is 0 Å². The number of aliphatic hydroxyl groups excluding tert-OH is 2. The van der Waals surface area contributed by atoms with E-state index in [9.17, 15) is 0 Å². The first-order chi connectivity index (χ1) is 8.27. The van der Waals surface area contributed by atoms with Gasteiger partial charge in [-0.2, -0.15) is 0 Å². The van der Waals surface area contributed by atoms with Crippen molar-refractivity contribution in [1.82, 2.24) is 0 Å². The van der Waals surface area contributed by atoms with Crippen molar-refractivity contribution < 1.29 is 10.2 Å². The van der Waals surface area contributed by atoms with Crippen molar-refractivity contribution in [2.24, 2.45) is 5.92 Å². The Hall–Kier alpha value is -0.860. The minimum absolute atomic E-state index is 0.242. The first-order valence-electron chi connectivity index (χ1n) is 6.54. The van der Waals surface area contributed by atoms with Gasteiger partial charge in [0.2, 0.25) is 0 Å². The third-order valence-corrected chi connectivity index (χ3v) is 3.29. The molecule has 1 aromatic carbocycles. The number of benzene rings is 1. The second-order valence-corrected chi connectivity index (χ2v) is 4.83. The summed E-state index contributed by atoms with van der Waals surface area (Å²) >= 11 is 0. The van der Waals surface area contributed by atoms with Gasteiger partial charge in [0.15, 0.2) is 0 Å². The Morgan fingerprint density at radius 1 is 1.00 bits per heavy atom. The van der Waals surface area contributed by atoms with Crippen molar-refractivity contribution in [2.75, 3.05) is 13.2 Å². The van der Waals surface area contributed by atoms with Gasteiger partial charge in [0, 0.05) is 13.2 Å². The molecule has 0 bridgehead atoms. The van der Waals surface area contributed by atoms with Crippen LogP contribution in [0.25, 0.3) is 0 Å². The molecule has 2 N–H and O–H groups in total. The van der Waals surface area contributed by atoms with Gasteiger partial charge in [-0.3, -0.25) is 0 Å². The molecule has 0 aliphatic heterocycles. The van der Waals surface area contributed by atoms with E-state index >= 15 is 0 Å². The van der Waals surface area contributed by atoms with E-state index in [1.54, 1.807) is 0 Å². The fraction of sp³-hybridized carbons (Fsp3) is 0.600. The summed E-state index contributed by atoms with van der Waals surface area (Å²) in [6.07, 6.45) is 3.85. The lowest BCUT2D eigenvalue weighted by atomic mass is 9.86. The van der Waals surface area contributed by atoms with Crippen LogP contribution in [0.2, 0.25) is 0 Å². The van der Waals surface area contributed by atoms with Crippen molar-refractivity contribution in [2.45, 2.75) is 38.5 Å². The molecule has 0 spiro atoms. The average Bonchev–Trinajstić information content (AvgIpc) is 2.37. The highest BCUT2D eigenvalue weighted by Gasteiger charge is 2.14. The minimum atomic E-state index is 0.242. The van der Waals surface area contributed by atoms with E-state index < -0.39 is 0 Å². The summed E-state index contributed by atoms with van der Waals surface area (Å²) < 4.78 is 0. The molecule has 0 amide bonds. The van der Waals surface area contributed by atoms with Crippen LogP contribution < -0.4 is 0 Å². The van der Waals surface area contributed by atoms with Gasteiger partial charge in [-0.05, 0) is 43.1 Å². The highest BCUT2D eigenvalue weighted by Crippen LogP contribution is 2.28. The van der Waals surface area contributed by atoms with Crippen LogP contribution in [0.15, 0.2) is 30.3 Å². The zero-order valence-corrected chi connectivity index (χ0v) is 10.7. The molecule has 0 heterocycles. The second-order valence-electron chi connectivity index (χ2n) is 4.83. The SMILES string of the molecule is CC(CCCO)CC(CCO)c1ccccc1. The van der Waals surface area contributed by atoms with Crippen molar-refractivity contribution >= 4 is 0 Å². The van der Waals surface area contributed by atoms with Crippen molar-refractivity contribution in [3.63, 3.8) is 0 Å². The summed E-state index contributed by atoms with van der Waals surface area (Å²) in [5.41, 5.74) is 1.32. The zero-order chi connectivity index (χ0) is 12.5. The monoisotopic (exact) mass is 236 g/mol. The molecular weight excluding hydrogens is 212 g/mol. The molecule has 17 heavy (non-hydrogen) atoms. The summed E-state index contributed by atoms with van der Waals surface area (Å²) in [6, 6.07) is 10.4. The second kappa shape index (κ2) is 8.26. The first-order valence-corrected chi connectivity index (χ1v) is 6.54. The summed E-state index contributed by atoms with van der Waals surface area (Å²) in [5.74, 6) is 1.04. The van der Waals surface area contributed by atoms with Gasteiger partial charge in [0.05, 0.1) is 0 Å². The largest absolute Gasteiger partial charge is 0.396 e. The molecule has 0 fully saturated rings. The Morgan fingerprint density at radius 2 is 1.71 bits per heavy atom. The number of hydrogen-bond acceptors (Lipinski definition) is 2. The summed E-state index contributed by atoms with van der Waals surface area (Å²) in [5, 5.41) is 18.0. The highest BCUT2D eigenvalue weighted by atomic mass is 16.3. The normalized spacial score (nSPS) is 14.5. The third-order valence-electron chi connectivity index (χ3n) is 3.29. The van der Waals surface area contributed by atoms with Gasteiger partial charge < -0.3 is 10.2 Å². The molecule has 1 rings (SSSR count). The van der Waals surface area contributed by atoms with Gasteiger partial charge in [0.25, 0.3) is 0 Å². The van der Waals surface area contributed by atoms with Crippen LogP contribution in [0, 0.1) is 5.92 Å². The van der Waals surface area contributed by atoms with E-state index in [1.807, 2.05) is 6.07 Å². The Labute approximate surface area is 104 Å². The summed E-state index contributed by atoms with van der Waals surface area (Å²) in [6.45, 7) is 2.75. The van der Waals surface area contributed by atoms with Crippen molar-refractivity contribution in [3.05, 3.63) is 35.9 Å². The molecule has 1 aromatic rings. The standard InChI is InChI=1S/C15H24O2/c1-13(6-5-10-16)12-15(9-11-17)14-7-3-2-4-8-14/h2-4,7-8,13,15-17H,5-6,9-12H2,1H3. The maximum atomic E-state index is 9.15. The molecular formula is C15H24O2. The Kier molecular flexibility index (Phi) is 6.90. The maximum absolute atomic E-state index is 9.15. The van der Waals surface area contributed by atoms with Crippen LogP contribution >= 0.6 is 0 Å². The number of aliphatic hydroxyl groups is 2. The van der Waals surface area contributed by atoms with Crippen LogP contribution in [-0.4, -0.2) is 23.4 Å². The molecule has 96 valence electrons. The number of hydrogen-bond donors (Lipinski definition) is 2. The molecule has 0 saturated heterocycles. The zero-order valence-electron chi connectivity index (χ0n) is 10.7. The summed E-state index contributed by atoms with van der Waals surface area (Å²) in [7, 11) is 0. The number of rotatable bonds is 8. The lowest BCUT2D eigenvalue weighted by Crippen LogP contribution is -2.08. The van der Waals surface area contributed by atoms with Crippen LogP contribution in [0.5, 0.6) is 0 Å². The molecule has 2 unspecified atom stereocenters. The predicted octanol–water partition coefficient (Wildman–Crippen LogP) is 2.95. The fourth-order valence-electron chi connectivity index (χ4n) is 2.34. The molecule has 2 atom stereocenters. The predicted molar refractivity (Wildman–Crippen MR) is 71.0 cm³/mol. The Balaban J connectivity index is 2.54. The van der Waals surface area contributed by atoms with E-state index in [0.29, 0.717) is 11.8 Å². The topological polar surface area (TPSA) is 40.5 Å². The van der Waals surface area contributed by atoms with Gasteiger partial charge in [-0.1, -0.05) is 37.3 Å². The summed E-state index contributed by atoms with van der Waals surface area (Å²) in [4.78, 5) is 0. The molecule has 0 saturated carbocycles. The van der Waals surface area contributed by atoms with Crippen LogP contribution in [0.1, 0.15) is 44.1 Å². The molecule has 2 nitrogen and oxygen atoms in total. The van der Waals surface area contributed by atoms with Gasteiger partial charge in [-0.25, -0.2) is 0 Å². The van der Waals surface area contributed by atoms with Crippen LogP contribution in [0.3, 0.4) is 0 Å². The van der Waals surface area contributed by atoms with Crippen molar-refractivity contribution in [3.8, 4) is 0 Å². The van der Waals surface area contributed by atoms with E-state index in [1.165, 1.54) is 5.56 Å². The van der Waals surface area contributed by atoms with Gasteiger partial charge in [-0.15, -0.1) is 0 Å². The van der Waals surface area contributed by atoms with E-state index in [2.05, 4.69) is 31.2 Å². The maximum Gasteiger partial charge on any atom is 0.0436 e. The van der Waals surface area contributed by atoms with Gasteiger partial charge >= 0.3 is 0 Å². The first kappa shape index (κ1) is 14.2. The fourth-order valence-corrected chi connectivity index (χ4v) is 2.34. The third kappa shape index (κ3) is 5.33. The smallest absolute Gasteiger partial charge is 0.0436 e. The molecule has 0 aromatic heterocycles. The Bertz CT molecular complexity index is 284. The molecule has 0 radical (unpaired) electrons. The minimum Gasteiger partial charge on any atom is -0.396 e. The molecule has 0 aliphatic rings. The van der Waals surface area contributed by atoms with Gasteiger partial charge in [0.1, 0.15) is 0 Å². The lowest BCUT2D eigenvalue weighted by molar-refractivity contribution is 0.252. The van der Waals surface area contributed by atoms with E-state index in [0.717, 1.165) is 25.7 Å². The van der Waals surface area contributed by atoms with E-state index in [4.69, 9.17) is 10.2 Å².